The SMILES string of the molecule is Cc1nc(CN2CCC3(CC2)OCCc2cc(C(=O)O)sc23)cs1. The van der Waals surface area contributed by atoms with Crippen LogP contribution < -0.4 is 0 Å². The lowest BCUT2D eigenvalue weighted by Gasteiger charge is -2.43. The lowest BCUT2D eigenvalue weighted by atomic mass is 9.85. The number of carbonyl (C=O) groups is 1. The van der Waals surface area contributed by atoms with Gasteiger partial charge >= 0.3 is 5.97 Å². The normalized spacial score (nSPS) is 20.2. The molecule has 128 valence electrons. The monoisotopic (exact) mass is 364 g/mol. The number of hydrogen-bond acceptors (Lipinski definition) is 6. The Bertz CT molecular complexity index is 760. The molecule has 2 aliphatic heterocycles. The molecule has 7 heteroatoms. The molecular formula is C17H20N2O3S2. The van der Waals surface area contributed by atoms with Gasteiger partial charge < -0.3 is 9.84 Å². The van der Waals surface area contributed by atoms with Crippen LogP contribution in [0.1, 0.15) is 43.7 Å². The van der Waals surface area contributed by atoms with Crippen LogP contribution in [0.5, 0.6) is 0 Å². The molecule has 0 unspecified atom stereocenters. The topological polar surface area (TPSA) is 62.7 Å². The van der Waals surface area contributed by atoms with E-state index < -0.39 is 5.97 Å². The first kappa shape index (κ1) is 16.2. The fraction of sp³-hybridized carbons (Fsp3) is 0.529. The summed E-state index contributed by atoms with van der Waals surface area (Å²) >= 11 is 3.10. The second kappa shape index (κ2) is 6.22. The highest BCUT2D eigenvalue weighted by Crippen LogP contribution is 2.45. The first-order chi connectivity index (χ1) is 11.6. The number of aromatic nitrogens is 1. The van der Waals surface area contributed by atoms with Gasteiger partial charge in [0, 0.05) is 29.9 Å². The summed E-state index contributed by atoms with van der Waals surface area (Å²) in [6.07, 6.45) is 2.66. The van der Waals surface area contributed by atoms with Gasteiger partial charge in [-0.25, -0.2) is 9.78 Å². The van der Waals surface area contributed by atoms with Crippen molar-refractivity contribution in [1.82, 2.24) is 9.88 Å². The van der Waals surface area contributed by atoms with Crippen molar-refractivity contribution in [3.8, 4) is 0 Å². The van der Waals surface area contributed by atoms with E-state index >= 15 is 0 Å². The van der Waals surface area contributed by atoms with E-state index in [1.54, 1.807) is 11.3 Å². The smallest absolute Gasteiger partial charge is 0.345 e. The van der Waals surface area contributed by atoms with Gasteiger partial charge in [0.1, 0.15) is 10.5 Å². The van der Waals surface area contributed by atoms with E-state index in [1.165, 1.54) is 16.9 Å². The van der Waals surface area contributed by atoms with Crippen molar-refractivity contribution in [2.24, 2.45) is 0 Å². The Kier molecular flexibility index (Phi) is 4.20. The summed E-state index contributed by atoms with van der Waals surface area (Å²) in [4.78, 5) is 19.9. The Morgan fingerprint density at radius 3 is 2.92 bits per heavy atom. The predicted octanol–water partition coefficient (Wildman–Crippen LogP) is 3.28. The second-order valence-corrected chi connectivity index (χ2v) is 8.61. The number of fused-ring (bicyclic) bond motifs is 2. The molecule has 2 aliphatic rings. The van der Waals surface area contributed by atoms with Crippen LogP contribution >= 0.6 is 22.7 Å². The number of thiazole rings is 1. The summed E-state index contributed by atoms with van der Waals surface area (Å²) in [6, 6.07) is 1.84. The van der Waals surface area contributed by atoms with Crippen molar-refractivity contribution in [2.75, 3.05) is 19.7 Å². The maximum absolute atomic E-state index is 11.3. The van der Waals surface area contributed by atoms with Crippen molar-refractivity contribution in [2.45, 2.75) is 38.3 Å². The van der Waals surface area contributed by atoms with E-state index in [2.05, 4.69) is 15.3 Å². The molecule has 1 saturated heterocycles. The van der Waals surface area contributed by atoms with Crippen LogP contribution in [0.15, 0.2) is 11.4 Å². The van der Waals surface area contributed by atoms with E-state index in [1.807, 2.05) is 13.0 Å². The van der Waals surface area contributed by atoms with Gasteiger partial charge in [0.05, 0.1) is 17.3 Å². The molecule has 0 bridgehead atoms. The minimum Gasteiger partial charge on any atom is -0.477 e. The lowest BCUT2D eigenvalue weighted by Crippen LogP contribution is -2.45. The van der Waals surface area contributed by atoms with Crippen molar-refractivity contribution in [1.29, 1.82) is 0 Å². The summed E-state index contributed by atoms with van der Waals surface area (Å²) < 4.78 is 6.21. The first-order valence-corrected chi connectivity index (χ1v) is 9.89. The summed E-state index contributed by atoms with van der Waals surface area (Å²) in [5.74, 6) is -0.833. The van der Waals surface area contributed by atoms with Crippen molar-refractivity contribution >= 4 is 28.6 Å². The van der Waals surface area contributed by atoms with Gasteiger partial charge in [-0.2, -0.15) is 0 Å². The highest BCUT2D eigenvalue weighted by atomic mass is 32.1. The van der Waals surface area contributed by atoms with Crippen LogP contribution in [0.2, 0.25) is 0 Å². The number of aromatic carboxylic acids is 1. The number of likely N-dealkylation sites (tertiary alicyclic amines) is 1. The molecule has 5 nitrogen and oxygen atoms in total. The predicted molar refractivity (Wildman–Crippen MR) is 94.0 cm³/mol. The molecule has 0 aromatic carbocycles. The Balaban J connectivity index is 1.50. The fourth-order valence-corrected chi connectivity index (χ4v) is 5.53. The van der Waals surface area contributed by atoms with Gasteiger partial charge in [-0.3, -0.25) is 4.90 Å². The van der Waals surface area contributed by atoms with E-state index in [0.29, 0.717) is 11.5 Å². The third kappa shape index (κ3) is 2.90. The van der Waals surface area contributed by atoms with Crippen LogP contribution in [0.3, 0.4) is 0 Å². The molecule has 4 rings (SSSR count). The Hall–Kier alpha value is -1.28. The molecule has 24 heavy (non-hydrogen) atoms. The zero-order valence-corrected chi connectivity index (χ0v) is 15.2. The molecule has 0 saturated carbocycles. The molecule has 0 radical (unpaired) electrons. The number of rotatable bonds is 3. The zero-order valence-electron chi connectivity index (χ0n) is 13.6. The van der Waals surface area contributed by atoms with Crippen LogP contribution in [-0.4, -0.2) is 40.7 Å². The Morgan fingerprint density at radius 2 is 2.25 bits per heavy atom. The number of carboxylic acid groups (broad SMARTS) is 1. The fourth-order valence-electron chi connectivity index (χ4n) is 3.68. The average molecular weight is 364 g/mol. The maximum Gasteiger partial charge on any atom is 0.345 e. The van der Waals surface area contributed by atoms with E-state index in [4.69, 9.17) is 4.74 Å². The molecule has 0 aliphatic carbocycles. The number of ether oxygens (including phenoxy) is 1. The van der Waals surface area contributed by atoms with Crippen LogP contribution in [0.25, 0.3) is 0 Å². The molecule has 1 N–H and O–H groups in total. The number of hydrogen-bond donors (Lipinski definition) is 1. The lowest BCUT2D eigenvalue weighted by molar-refractivity contribution is -0.0961. The number of piperidine rings is 1. The quantitative estimate of drug-likeness (QED) is 0.906. The molecule has 2 aromatic heterocycles. The van der Waals surface area contributed by atoms with Crippen molar-refractivity contribution < 1.29 is 14.6 Å². The third-order valence-corrected chi connectivity index (χ3v) is 7.07. The molecule has 1 fully saturated rings. The molecule has 0 atom stereocenters. The average Bonchev–Trinajstić information content (AvgIpc) is 3.17. The first-order valence-electron chi connectivity index (χ1n) is 8.19. The molecular weight excluding hydrogens is 344 g/mol. The molecule has 1 spiro atoms. The Labute approximate surface area is 148 Å². The third-order valence-electron chi connectivity index (χ3n) is 4.90. The highest BCUT2D eigenvalue weighted by Gasteiger charge is 2.42. The van der Waals surface area contributed by atoms with Gasteiger partial charge in [-0.1, -0.05) is 0 Å². The summed E-state index contributed by atoms with van der Waals surface area (Å²) in [5.41, 5.74) is 2.04. The zero-order chi connectivity index (χ0) is 16.7. The minimum absolute atomic E-state index is 0.277. The highest BCUT2D eigenvalue weighted by molar-refractivity contribution is 7.14. The van der Waals surface area contributed by atoms with Crippen molar-refractivity contribution in [3.05, 3.63) is 37.5 Å². The summed E-state index contributed by atoms with van der Waals surface area (Å²) in [7, 11) is 0. The van der Waals surface area contributed by atoms with E-state index in [-0.39, 0.29) is 5.60 Å². The van der Waals surface area contributed by atoms with Crippen LogP contribution in [-0.2, 0) is 23.3 Å². The number of aryl methyl sites for hydroxylation is 1. The van der Waals surface area contributed by atoms with Gasteiger partial charge in [0.2, 0.25) is 0 Å². The van der Waals surface area contributed by atoms with E-state index in [9.17, 15) is 9.90 Å². The second-order valence-electron chi connectivity index (χ2n) is 6.50. The van der Waals surface area contributed by atoms with Gasteiger partial charge in [0.25, 0.3) is 0 Å². The summed E-state index contributed by atoms with van der Waals surface area (Å²) in [6.45, 7) is 5.52. The number of nitrogens with zero attached hydrogens (tertiary/aromatic N) is 2. The standard InChI is InChI=1S/C17H20N2O3S2/c1-11-18-13(10-23-11)9-19-5-3-17(4-6-19)15-12(2-7-22-17)8-14(24-15)16(20)21/h8,10H,2-7,9H2,1H3,(H,20,21). The van der Waals surface area contributed by atoms with Gasteiger partial charge in [0.15, 0.2) is 0 Å². The van der Waals surface area contributed by atoms with Gasteiger partial charge in [-0.05, 0) is 37.8 Å². The molecule has 4 heterocycles. The van der Waals surface area contributed by atoms with E-state index in [0.717, 1.165) is 54.5 Å². The van der Waals surface area contributed by atoms with Crippen LogP contribution in [0, 0.1) is 6.92 Å². The number of carboxylic acids is 1. The van der Waals surface area contributed by atoms with Crippen molar-refractivity contribution in [3.63, 3.8) is 0 Å². The summed E-state index contributed by atoms with van der Waals surface area (Å²) in [5, 5.41) is 12.5. The number of thiophene rings is 1. The van der Waals surface area contributed by atoms with Gasteiger partial charge in [-0.15, -0.1) is 22.7 Å². The largest absolute Gasteiger partial charge is 0.477 e. The maximum atomic E-state index is 11.3. The Morgan fingerprint density at radius 1 is 1.46 bits per heavy atom. The van der Waals surface area contributed by atoms with Crippen LogP contribution in [0.4, 0.5) is 0 Å². The molecule has 2 aromatic rings. The molecule has 0 amide bonds. The minimum atomic E-state index is -0.833.